The number of nitrogens with zero attached hydrogens (tertiary/aromatic N) is 2. The molecule has 0 spiro atoms. The first-order valence-electron chi connectivity index (χ1n) is 10.3. The highest BCUT2D eigenvalue weighted by molar-refractivity contribution is 6.01. The predicted octanol–water partition coefficient (Wildman–Crippen LogP) is 4.20. The first-order valence-corrected chi connectivity index (χ1v) is 10.3. The normalized spacial score (nSPS) is 14.1. The van der Waals surface area contributed by atoms with Crippen LogP contribution in [0.15, 0.2) is 77.4 Å². The molecule has 1 N–H and O–H groups in total. The molecule has 0 unspecified atom stereocenters. The number of piperazine rings is 1. The number of carbonyl (C=O) groups is 2. The molecule has 1 aliphatic heterocycles. The lowest BCUT2D eigenvalue weighted by Crippen LogP contribution is -2.48. The van der Waals surface area contributed by atoms with E-state index in [-0.39, 0.29) is 11.8 Å². The quantitative estimate of drug-likeness (QED) is 0.634. The van der Waals surface area contributed by atoms with Gasteiger partial charge in [-0.15, -0.1) is 0 Å². The van der Waals surface area contributed by atoms with Crippen LogP contribution in [-0.4, -0.2) is 42.9 Å². The lowest BCUT2D eigenvalue weighted by atomic mass is 10.1. The summed E-state index contributed by atoms with van der Waals surface area (Å²) in [6.45, 7) is 4.93. The second-order valence-electron chi connectivity index (χ2n) is 7.53. The Bertz CT molecular complexity index is 1050. The molecule has 2 heterocycles. The zero-order chi connectivity index (χ0) is 21.6. The molecule has 0 atom stereocenters. The number of amides is 2. The van der Waals surface area contributed by atoms with Gasteiger partial charge in [0.25, 0.3) is 5.91 Å². The van der Waals surface area contributed by atoms with E-state index in [1.54, 1.807) is 24.5 Å². The van der Waals surface area contributed by atoms with Gasteiger partial charge in [0.2, 0.25) is 5.91 Å². The molecule has 1 aliphatic rings. The Balaban J connectivity index is 1.29. The van der Waals surface area contributed by atoms with Gasteiger partial charge in [0.1, 0.15) is 5.76 Å². The number of carbonyl (C=O) groups excluding carboxylic acids is 2. The minimum absolute atomic E-state index is 0.0836. The van der Waals surface area contributed by atoms with Gasteiger partial charge >= 0.3 is 0 Å². The number of anilines is 2. The van der Waals surface area contributed by atoms with Crippen LogP contribution in [0.5, 0.6) is 0 Å². The average molecular weight is 415 g/mol. The molecule has 3 aromatic rings. The van der Waals surface area contributed by atoms with Crippen molar-refractivity contribution < 1.29 is 14.0 Å². The van der Waals surface area contributed by atoms with E-state index >= 15 is 0 Å². The highest BCUT2D eigenvalue weighted by atomic mass is 16.3. The molecular formula is C25H25N3O3. The highest BCUT2D eigenvalue weighted by Gasteiger charge is 2.22. The van der Waals surface area contributed by atoms with E-state index in [1.165, 1.54) is 6.08 Å². The van der Waals surface area contributed by atoms with Crippen molar-refractivity contribution >= 4 is 29.3 Å². The zero-order valence-corrected chi connectivity index (χ0v) is 17.5. The first-order chi connectivity index (χ1) is 15.1. The number of benzene rings is 2. The third-order valence-electron chi connectivity index (χ3n) is 5.31. The summed E-state index contributed by atoms with van der Waals surface area (Å²) in [6.07, 6.45) is 4.63. The van der Waals surface area contributed by atoms with E-state index in [4.69, 9.17) is 4.42 Å². The molecule has 2 amide bonds. The van der Waals surface area contributed by atoms with Gasteiger partial charge in [-0.1, -0.05) is 17.7 Å². The van der Waals surface area contributed by atoms with Gasteiger partial charge in [-0.3, -0.25) is 9.59 Å². The third kappa shape index (κ3) is 5.22. The van der Waals surface area contributed by atoms with Gasteiger partial charge in [0, 0.05) is 49.2 Å². The summed E-state index contributed by atoms with van der Waals surface area (Å²) in [7, 11) is 0. The average Bonchev–Trinajstić information content (AvgIpc) is 3.32. The number of hydrogen-bond acceptors (Lipinski definition) is 4. The number of hydrogen-bond donors (Lipinski definition) is 1. The summed E-state index contributed by atoms with van der Waals surface area (Å²) < 4.78 is 5.17. The van der Waals surface area contributed by atoms with Crippen molar-refractivity contribution in [3.63, 3.8) is 0 Å². The summed E-state index contributed by atoms with van der Waals surface area (Å²) in [5, 5.41) is 2.84. The molecule has 2 aromatic carbocycles. The molecule has 4 rings (SSSR count). The largest absolute Gasteiger partial charge is 0.465 e. The smallest absolute Gasteiger partial charge is 0.253 e. The first kappa shape index (κ1) is 20.5. The Morgan fingerprint density at radius 3 is 2.29 bits per heavy atom. The van der Waals surface area contributed by atoms with E-state index in [1.807, 2.05) is 60.4 Å². The van der Waals surface area contributed by atoms with Gasteiger partial charge in [-0.2, -0.15) is 0 Å². The van der Waals surface area contributed by atoms with Gasteiger partial charge < -0.3 is 19.5 Å². The van der Waals surface area contributed by atoms with Crippen LogP contribution in [0.25, 0.3) is 6.08 Å². The molecule has 1 aromatic heterocycles. The maximum Gasteiger partial charge on any atom is 0.253 e. The highest BCUT2D eigenvalue weighted by Crippen LogP contribution is 2.20. The van der Waals surface area contributed by atoms with Crippen LogP contribution in [0, 0.1) is 6.92 Å². The maximum atomic E-state index is 12.7. The Morgan fingerprint density at radius 2 is 1.65 bits per heavy atom. The fourth-order valence-corrected chi connectivity index (χ4v) is 3.53. The third-order valence-corrected chi connectivity index (χ3v) is 5.31. The molecule has 31 heavy (non-hydrogen) atoms. The molecule has 1 fully saturated rings. The molecule has 0 saturated carbocycles. The Labute approximate surface area is 181 Å². The van der Waals surface area contributed by atoms with Crippen molar-refractivity contribution in [2.45, 2.75) is 6.92 Å². The van der Waals surface area contributed by atoms with Crippen LogP contribution in [0.2, 0.25) is 0 Å². The van der Waals surface area contributed by atoms with Crippen LogP contribution < -0.4 is 10.2 Å². The lowest BCUT2D eigenvalue weighted by molar-refractivity contribution is -0.111. The van der Waals surface area contributed by atoms with E-state index in [0.717, 1.165) is 35.6 Å². The Kier molecular flexibility index (Phi) is 6.17. The molecule has 0 bridgehead atoms. The second-order valence-corrected chi connectivity index (χ2v) is 7.53. The topological polar surface area (TPSA) is 65.8 Å². The number of furan rings is 1. The molecule has 0 radical (unpaired) electrons. The summed E-state index contributed by atoms with van der Waals surface area (Å²) in [6, 6.07) is 19.0. The van der Waals surface area contributed by atoms with Crippen molar-refractivity contribution in [2.24, 2.45) is 0 Å². The van der Waals surface area contributed by atoms with Gasteiger partial charge in [-0.05, 0) is 61.5 Å². The molecule has 1 saturated heterocycles. The summed E-state index contributed by atoms with van der Waals surface area (Å²) in [5.74, 6) is 0.498. The molecular weight excluding hydrogens is 390 g/mol. The monoisotopic (exact) mass is 415 g/mol. The van der Waals surface area contributed by atoms with Crippen LogP contribution in [-0.2, 0) is 4.79 Å². The number of nitrogens with one attached hydrogen (secondary N) is 1. The van der Waals surface area contributed by atoms with Crippen molar-refractivity contribution in [3.8, 4) is 0 Å². The van der Waals surface area contributed by atoms with E-state index in [9.17, 15) is 9.59 Å². The minimum Gasteiger partial charge on any atom is -0.465 e. The van der Waals surface area contributed by atoms with E-state index < -0.39 is 0 Å². The summed E-state index contributed by atoms with van der Waals surface area (Å²) in [4.78, 5) is 28.9. The minimum atomic E-state index is -0.215. The van der Waals surface area contributed by atoms with Gasteiger partial charge in [0.15, 0.2) is 0 Å². The number of rotatable bonds is 5. The summed E-state index contributed by atoms with van der Waals surface area (Å²) >= 11 is 0. The van der Waals surface area contributed by atoms with Crippen molar-refractivity contribution in [3.05, 3.63) is 89.9 Å². The molecule has 6 heteroatoms. The zero-order valence-electron chi connectivity index (χ0n) is 17.5. The van der Waals surface area contributed by atoms with Gasteiger partial charge in [-0.25, -0.2) is 0 Å². The van der Waals surface area contributed by atoms with Crippen LogP contribution in [0.3, 0.4) is 0 Å². The fourth-order valence-electron chi connectivity index (χ4n) is 3.53. The fraction of sp³-hybridized carbons (Fsp3) is 0.200. The van der Waals surface area contributed by atoms with Crippen molar-refractivity contribution in [1.82, 2.24) is 4.90 Å². The van der Waals surface area contributed by atoms with Crippen molar-refractivity contribution in [1.29, 1.82) is 0 Å². The van der Waals surface area contributed by atoms with Crippen LogP contribution in [0.1, 0.15) is 21.7 Å². The second kappa shape index (κ2) is 9.34. The van der Waals surface area contributed by atoms with Crippen LogP contribution >= 0.6 is 0 Å². The number of aryl methyl sites for hydroxylation is 1. The lowest BCUT2D eigenvalue weighted by Gasteiger charge is -2.36. The van der Waals surface area contributed by atoms with E-state index in [2.05, 4.69) is 10.2 Å². The molecule has 0 aliphatic carbocycles. The SMILES string of the molecule is Cc1ccc(C(=O)N2CCN(c3ccc(NC(=O)C=Cc4ccco4)cc3)CC2)cc1. The Morgan fingerprint density at radius 1 is 0.935 bits per heavy atom. The van der Waals surface area contributed by atoms with Crippen molar-refractivity contribution in [2.75, 3.05) is 36.4 Å². The standard InChI is InChI=1S/C25H25N3O3/c1-19-4-6-20(7-5-19)25(30)28-16-14-27(15-17-28)22-10-8-21(9-11-22)26-24(29)13-12-23-3-2-18-31-23/h2-13,18H,14-17H2,1H3,(H,26,29). The summed E-state index contributed by atoms with van der Waals surface area (Å²) in [5.41, 5.74) is 3.69. The van der Waals surface area contributed by atoms with Crippen LogP contribution in [0.4, 0.5) is 11.4 Å². The Hall–Kier alpha value is -3.80. The molecule has 6 nitrogen and oxygen atoms in total. The van der Waals surface area contributed by atoms with E-state index in [0.29, 0.717) is 18.8 Å². The predicted molar refractivity (Wildman–Crippen MR) is 122 cm³/mol. The maximum absolute atomic E-state index is 12.7. The van der Waals surface area contributed by atoms with Gasteiger partial charge in [0.05, 0.1) is 6.26 Å². The molecule has 158 valence electrons.